The van der Waals surface area contributed by atoms with E-state index in [1.807, 2.05) is 37.3 Å². The van der Waals surface area contributed by atoms with E-state index in [0.717, 1.165) is 37.8 Å². The van der Waals surface area contributed by atoms with Crippen LogP contribution in [0.5, 0.6) is 0 Å². The van der Waals surface area contributed by atoms with Gasteiger partial charge >= 0.3 is 0 Å². The van der Waals surface area contributed by atoms with Gasteiger partial charge in [0.05, 0.1) is 0 Å². The first-order chi connectivity index (χ1) is 12.2. The second-order valence-electron chi connectivity index (χ2n) is 5.99. The highest BCUT2D eigenvalue weighted by Gasteiger charge is 2.20. The number of rotatable bonds is 2. The van der Waals surface area contributed by atoms with E-state index in [9.17, 15) is 0 Å². The molecule has 0 radical (unpaired) electrons. The van der Waals surface area contributed by atoms with E-state index >= 15 is 0 Å². The Morgan fingerprint density at radius 2 is 1.76 bits per heavy atom. The number of benzene rings is 2. The van der Waals surface area contributed by atoms with Crippen molar-refractivity contribution in [1.29, 1.82) is 0 Å². The SMILES string of the molecule is Cc1ccccc1-c1nn2c(-c3oc4ccccc4c3C)nnc2s1. The second kappa shape index (κ2) is 5.26. The zero-order valence-electron chi connectivity index (χ0n) is 13.7. The molecule has 122 valence electrons. The summed E-state index contributed by atoms with van der Waals surface area (Å²) < 4.78 is 7.81. The highest BCUT2D eigenvalue weighted by atomic mass is 32.1. The zero-order valence-corrected chi connectivity index (χ0v) is 14.5. The predicted molar refractivity (Wildman–Crippen MR) is 98.8 cm³/mol. The molecule has 3 aromatic heterocycles. The average molecular weight is 346 g/mol. The normalized spacial score (nSPS) is 11.6. The van der Waals surface area contributed by atoms with Crippen molar-refractivity contribution in [2.24, 2.45) is 0 Å². The van der Waals surface area contributed by atoms with Crippen molar-refractivity contribution in [2.75, 3.05) is 0 Å². The van der Waals surface area contributed by atoms with Gasteiger partial charge in [0.25, 0.3) is 0 Å². The summed E-state index contributed by atoms with van der Waals surface area (Å²) in [6.07, 6.45) is 0. The van der Waals surface area contributed by atoms with Crippen molar-refractivity contribution in [1.82, 2.24) is 19.8 Å². The Kier molecular flexibility index (Phi) is 3.02. The molecule has 0 saturated heterocycles. The van der Waals surface area contributed by atoms with Crippen molar-refractivity contribution in [3.63, 3.8) is 0 Å². The van der Waals surface area contributed by atoms with Crippen LogP contribution in [0.15, 0.2) is 52.9 Å². The maximum atomic E-state index is 6.03. The second-order valence-corrected chi connectivity index (χ2v) is 6.95. The molecule has 3 heterocycles. The molecule has 0 atom stereocenters. The van der Waals surface area contributed by atoms with E-state index in [-0.39, 0.29) is 0 Å². The lowest BCUT2D eigenvalue weighted by Crippen LogP contribution is -1.91. The van der Waals surface area contributed by atoms with Crippen LogP contribution in [0.3, 0.4) is 0 Å². The highest BCUT2D eigenvalue weighted by Crippen LogP contribution is 2.34. The molecule has 0 saturated carbocycles. The topological polar surface area (TPSA) is 56.2 Å². The third kappa shape index (κ3) is 2.11. The van der Waals surface area contributed by atoms with Crippen LogP contribution in [0.4, 0.5) is 0 Å². The number of nitrogens with zero attached hydrogens (tertiary/aromatic N) is 4. The minimum Gasteiger partial charge on any atom is -0.452 e. The van der Waals surface area contributed by atoms with Gasteiger partial charge in [0, 0.05) is 16.5 Å². The Bertz CT molecular complexity index is 1230. The molecule has 0 aliphatic carbocycles. The fourth-order valence-electron chi connectivity index (χ4n) is 3.07. The molecule has 6 heteroatoms. The summed E-state index contributed by atoms with van der Waals surface area (Å²) in [5.74, 6) is 1.36. The lowest BCUT2D eigenvalue weighted by molar-refractivity contribution is 0.619. The first-order valence-corrected chi connectivity index (χ1v) is 8.81. The van der Waals surface area contributed by atoms with Gasteiger partial charge < -0.3 is 4.42 Å². The molecule has 5 aromatic rings. The minimum absolute atomic E-state index is 0.639. The molecule has 0 amide bonds. The molecule has 5 nitrogen and oxygen atoms in total. The van der Waals surface area contributed by atoms with E-state index in [4.69, 9.17) is 9.52 Å². The molecular formula is C19H14N4OS. The van der Waals surface area contributed by atoms with Gasteiger partial charge in [-0.3, -0.25) is 0 Å². The summed E-state index contributed by atoms with van der Waals surface area (Å²) in [4.78, 5) is 0.758. The van der Waals surface area contributed by atoms with Gasteiger partial charge in [-0.05, 0) is 25.5 Å². The quantitative estimate of drug-likeness (QED) is 0.457. The summed E-state index contributed by atoms with van der Waals surface area (Å²) in [6.45, 7) is 4.12. The molecular weight excluding hydrogens is 332 g/mol. The number of furan rings is 1. The highest BCUT2D eigenvalue weighted by molar-refractivity contribution is 7.19. The van der Waals surface area contributed by atoms with Gasteiger partial charge in [-0.25, -0.2) is 0 Å². The summed E-state index contributed by atoms with van der Waals surface area (Å²) in [7, 11) is 0. The van der Waals surface area contributed by atoms with Crippen LogP contribution in [-0.4, -0.2) is 19.8 Å². The van der Waals surface area contributed by atoms with Crippen LogP contribution >= 0.6 is 11.3 Å². The van der Waals surface area contributed by atoms with Gasteiger partial charge in [-0.2, -0.15) is 9.61 Å². The Morgan fingerprint density at radius 3 is 2.60 bits per heavy atom. The van der Waals surface area contributed by atoms with E-state index in [0.29, 0.717) is 5.82 Å². The standard InChI is InChI=1S/C19H14N4OS/c1-11-7-3-4-8-13(11)18-22-23-17(20-21-19(23)25-18)16-12(2)14-9-5-6-10-15(14)24-16/h3-10H,1-2H3. The zero-order chi connectivity index (χ0) is 17.0. The van der Waals surface area contributed by atoms with Gasteiger partial charge in [-0.15, -0.1) is 10.2 Å². The average Bonchev–Trinajstić information content (AvgIpc) is 3.29. The summed E-state index contributed by atoms with van der Waals surface area (Å²) >= 11 is 1.53. The van der Waals surface area contributed by atoms with Gasteiger partial charge in [0.2, 0.25) is 10.8 Å². The van der Waals surface area contributed by atoms with Crippen molar-refractivity contribution >= 4 is 27.3 Å². The monoisotopic (exact) mass is 346 g/mol. The molecule has 5 rings (SSSR count). The molecule has 0 bridgehead atoms. The Hall–Kier alpha value is -2.99. The Labute approximate surface area is 147 Å². The first-order valence-electron chi connectivity index (χ1n) is 7.99. The fraction of sp³-hybridized carbons (Fsp3) is 0.105. The number of aryl methyl sites for hydroxylation is 2. The van der Waals surface area contributed by atoms with Crippen LogP contribution in [0, 0.1) is 13.8 Å². The Balaban J connectivity index is 1.72. The number of hydrogen-bond acceptors (Lipinski definition) is 5. The molecule has 0 N–H and O–H groups in total. The largest absolute Gasteiger partial charge is 0.452 e. The fourth-order valence-corrected chi connectivity index (χ4v) is 4.00. The number of para-hydroxylation sites is 1. The maximum absolute atomic E-state index is 6.03. The Morgan fingerprint density at radius 1 is 0.960 bits per heavy atom. The van der Waals surface area contributed by atoms with Crippen LogP contribution < -0.4 is 0 Å². The molecule has 0 aliphatic heterocycles. The number of aromatic nitrogens is 4. The molecule has 0 fully saturated rings. The smallest absolute Gasteiger partial charge is 0.235 e. The first kappa shape index (κ1) is 14.4. The summed E-state index contributed by atoms with van der Waals surface area (Å²) in [5.41, 5.74) is 4.20. The summed E-state index contributed by atoms with van der Waals surface area (Å²) in [6, 6.07) is 16.2. The summed E-state index contributed by atoms with van der Waals surface area (Å²) in [5, 5.41) is 15.4. The van der Waals surface area contributed by atoms with E-state index in [1.54, 1.807) is 4.52 Å². The van der Waals surface area contributed by atoms with Gasteiger partial charge in [-0.1, -0.05) is 53.8 Å². The minimum atomic E-state index is 0.639. The van der Waals surface area contributed by atoms with Crippen LogP contribution in [0.25, 0.3) is 38.1 Å². The van der Waals surface area contributed by atoms with Crippen molar-refractivity contribution in [3.05, 3.63) is 59.7 Å². The van der Waals surface area contributed by atoms with Crippen molar-refractivity contribution < 1.29 is 4.42 Å². The molecule has 25 heavy (non-hydrogen) atoms. The van der Waals surface area contributed by atoms with Gasteiger partial charge in [0.15, 0.2) is 5.76 Å². The van der Waals surface area contributed by atoms with E-state index < -0.39 is 0 Å². The lowest BCUT2D eigenvalue weighted by atomic mass is 10.1. The molecule has 0 spiro atoms. The van der Waals surface area contributed by atoms with Crippen LogP contribution in [0.1, 0.15) is 11.1 Å². The van der Waals surface area contributed by atoms with Crippen LogP contribution in [0.2, 0.25) is 0 Å². The lowest BCUT2D eigenvalue weighted by Gasteiger charge is -1.99. The molecule has 2 aromatic carbocycles. The number of hydrogen-bond donors (Lipinski definition) is 0. The number of fused-ring (bicyclic) bond motifs is 2. The predicted octanol–water partition coefficient (Wildman–Crippen LogP) is 4.88. The molecule has 0 aliphatic rings. The van der Waals surface area contributed by atoms with Gasteiger partial charge in [0.1, 0.15) is 10.6 Å². The van der Waals surface area contributed by atoms with E-state index in [2.05, 4.69) is 35.3 Å². The van der Waals surface area contributed by atoms with Crippen molar-refractivity contribution in [3.8, 4) is 22.2 Å². The van der Waals surface area contributed by atoms with Crippen LogP contribution in [-0.2, 0) is 0 Å². The maximum Gasteiger partial charge on any atom is 0.235 e. The third-order valence-corrected chi connectivity index (χ3v) is 5.35. The third-order valence-electron chi connectivity index (χ3n) is 4.41. The molecule has 0 unspecified atom stereocenters. The van der Waals surface area contributed by atoms with Crippen molar-refractivity contribution in [2.45, 2.75) is 13.8 Å². The van der Waals surface area contributed by atoms with E-state index in [1.165, 1.54) is 16.9 Å².